The van der Waals surface area contributed by atoms with Gasteiger partial charge in [-0.15, -0.1) is 12.3 Å². The summed E-state index contributed by atoms with van der Waals surface area (Å²) >= 11 is 0. The largest absolute Gasteiger partial charge is 0.338 e. The molecule has 18 heavy (non-hydrogen) atoms. The molecule has 0 saturated heterocycles. The second kappa shape index (κ2) is 5.11. The van der Waals surface area contributed by atoms with Gasteiger partial charge in [0, 0.05) is 12.3 Å². The fourth-order valence-corrected chi connectivity index (χ4v) is 2.44. The highest BCUT2D eigenvalue weighted by Gasteiger charge is 2.30. The smallest absolute Gasteiger partial charge is 0.244 e. The van der Waals surface area contributed by atoms with E-state index in [9.17, 15) is 0 Å². The summed E-state index contributed by atoms with van der Waals surface area (Å²) in [6.07, 6.45) is 10.3. The van der Waals surface area contributed by atoms with Crippen molar-refractivity contribution in [2.24, 2.45) is 11.1 Å². The molecule has 2 rings (SSSR count). The van der Waals surface area contributed by atoms with Crippen LogP contribution < -0.4 is 5.73 Å². The highest BCUT2D eigenvalue weighted by atomic mass is 16.5. The van der Waals surface area contributed by atoms with Crippen molar-refractivity contribution in [2.45, 2.75) is 57.9 Å². The Morgan fingerprint density at radius 3 is 2.78 bits per heavy atom. The Balaban J connectivity index is 2.01. The van der Waals surface area contributed by atoms with Crippen molar-refractivity contribution in [2.75, 3.05) is 0 Å². The van der Waals surface area contributed by atoms with Crippen LogP contribution in [0.4, 0.5) is 0 Å². The molecule has 0 amide bonds. The predicted octanol–water partition coefficient (Wildman–Crippen LogP) is 2.78. The summed E-state index contributed by atoms with van der Waals surface area (Å²) in [6, 6.07) is -0.337. The van der Waals surface area contributed by atoms with Crippen LogP contribution in [0.2, 0.25) is 0 Å². The quantitative estimate of drug-likeness (QED) is 0.834. The molecule has 4 nitrogen and oxygen atoms in total. The van der Waals surface area contributed by atoms with Crippen LogP contribution in [0.25, 0.3) is 0 Å². The molecule has 1 atom stereocenters. The number of hydrogen-bond acceptors (Lipinski definition) is 4. The third kappa shape index (κ3) is 2.91. The Morgan fingerprint density at radius 1 is 1.50 bits per heavy atom. The Hall–Kier alpha value is -1.34. The molecule has 1 heterocycles. The highest BCUT2D eigenvalue weighted by Crippen LogP contribution is 2.41. The zero-order valence-electron chi connectivity index (χ0n) is 11.1. The Kier molecular flexibility index (Phi) is 3.72. The monoisotopic (exact) mass is 247 g/mol. The van der Waals surface area contributed by atoms with Gasteiger partial charge in [-0.3, -0.25) is 0 Å². The van der Waals surface area contributed by atoms with Crippen LogP contribution in [0.1, 0.15) is 69.6 Å². The molecule has 1 aliphatic carbocycles. The van der Waals surface area contributed by atoms with Crippen molar-refractivity contribution >= 4 is 0 Å². The van der Waals surface area contributed by atoms with Crippen LogP contribution in [0.5, 0.6) is 0 Å². The molecular formula is C14H21N3O. The minimum absolute atomic E-state index is 0.337. The lowest BCUT2D eigenvalue weighted by atomic mass is 9.73. The van der Waals surface area contributed by atoms with Crippen molar-refractivity contribution < 1.29 is 4.52 Å². The van der Waals surface area contributed by atoms with E-state index in [1.165, 1.54) is 12.8 Å². The van der Waals surface area contributed by atoms with Crippen LogP contribution >= 0.6 is 0 Å². The topological polar surface area (TPSA) is 64.9 Å². The lowest BCUT2D eigenvalue weighted by molar-refractivity contribution is 0.218. The molecule has 0 spiro atoms. The van der Waals surface area contributed by atoms with Crippen molar-refractivity contribution in [1.82, 2.24) is 10.1 Å². The Morgan fingerprint density at radius 2 is 2.17 bits per heavy atom. The number of nitrogens with zero attached hydrogens (tertiary/aromatic N) is 2. The van der Waals surface area contributed by atoms with E-state index in [0.717, 1.165) is 18.7 Å². The second-order valence-corrected chi connectivity index (χ2v) is 5.94. The minimum atomic E-state index is -0.337. The molecule has 1 unspecified atom stereocenters. The maximum atomic E-state index is 5.85. The van der Waals surface area contributed by atoms with Crippen molar-refractivity contribution in [1.29, 1.82) is 0 Å². The standard InChI is InChI=1S/C14H21N3O/c1-4-5-11(15)13-16-12(17-18-13)10-6-8-14(2,3)9-7-10/h1,10-11H,5-9,15H2,2-3H3. The zero-order valence-corrected chi connectivity index (χ0v) is 11.1. The van der Waals surface area contributed by atoms with E-state index in [0.29, 0.717) is 23.6 Å². The highest BCUT2D eigenvalue weighted by molar-refractivity contribution is 5.03. The second-order valence-electron chi connectivity index (χ2n) is 5.94. The minimum Gasteiger partial charge on any atom is -0.338 e. The SMILES string of the molecule is C#CCC(N)c1nc(C2CCC(C)(C)CC2)no1. The van der Waals surface area contributed by atoms with Gasteiger partial charge in [-0.05, 0) is 31.1 Å². The lowest BCUT2D eigenvalue weighted by Crippen LogP contribution is -2.20. The molecule has 0 radical (unpaired) electrons. The molecular weight excluding hydrogens is 226 g/mol. The van der Waals surface area contributed by atoms with Crippen LogP contribution in [-0.2, 0) is 0 Å². The fraction of sp³-hybridized carbons (Fsp3) is 0.714. The van der Waals surface area contributed by atoms with Gasteiger partial charge in [-0.1, -0.05) is 19.0 Å². The lowest BCUT2D eigenvalue weighted by Gasteiger charge is -2.32. The normalized spacial score (nSPS) is 21.4. The first-order valence-electron chi connectivity index (χ1n) is 6.54. The predicted molar refractivity (Wildman–Crippen MR) is 69.7 cm³/mol. The molecule has 1 aromatic rings. The van der Waals surface area contributed by atoms with Crippen LogP contribution in [0.3, 0.4) is 0 Å². The van der Waals surface area contributed by atoms with E-state index >= 15 is 0 Å². The van der Waals surface area contributed by atoms with Gasteiger partial charge in [0.2, 0.25) is 5.89 Å². The number of rotatable bonds is 3. The summed E-state index contributed by atoms with van der Waals surface area (Å²) in [5, 5.41) is 4.06. The third-order valence-electron chi connectivity index (χ3n) is 3.82. The summed E-state index contributed by atoms with van der Waals surface area (Å²) in [6.45, 7) is 4.63. The van der Waals surface area contributed by atoms with Gasteiger partial charge in [-0.25, -0.2) is 0 Å². The maximum absolute atomic E-state index is 5.85. The summed E-state index contributed by atoms with van der Waals surface area (Å²) in [5.74, 6) is 4.19. The van der Waals surface area contributed by atoms with E-state index < -0.39 is 0 Å². The number of aromatic nitrogens is 2. The molecule has 4 heteroatoms. The van der Waals surface area contributed by atoms with E-state index in [1.54, 1.807) is 0 Å². The van der Waals surface area contributed by atoms with E-state index in [2.05, 4.69) is 29.9 Å². The van der Waals surface area contributed by atoms with E-state index in [-0.39, 0.29) is 6.04 Å². The van der Waals surface area contributed by atoms with Crippen LogP contribution in [0, 0.1) is 17.8 Å². The molecule has 1 aliphatic rings. The maximum Gasteiger partial charge on any atom is 0.244 e. The van der Waals surface area contributed by atoms with Gasteiger partial charge in [0.1, 0.15) is 0 Å². The fourth-order valence-electron chi connectivity index (χ4n) is 2.44. The molecule has 0 aromatic carbocycles. The molecule has 0 aliphatic heterocycles. The van der Waals surface area contributed by atoms with E-state index in [4.69, 9.17) is 16.7 Å². The van der Waals surface area contributed by atoms with Crippen molar-refractivity contribution in [3.8, 4) is 12.3 Å². The molecule has 0 bridgehead atoms. The van der Waals surface area contributed by atoms with Crippen LogP contribution in [0.15, 0.2) is 4.52 Å². The molecule has 98 valence electrons. The first kappa shape index (κ1) is 13.1. The molecule has 2 N–H and O–H groups in total. The van der Waals surface area contributed by atoms with Crippen molar-refractivity contribution in [3.63, 3.8) is 0 Å². The van der Waals surface area contributed by atoms with Gasteiger partial charge in [0.25, 0.3) is 0 Å². The van der Waals surface area contributed by atoms with E-state index in [1.807, 2.05) is 0 Å². The summed E-state index contributed by atoms with van der Waals surface area (Å²) in [5.41, 5.74) is 6.30. The number of terminal acetylenes is 1. The average molecular weight is 247 g/mol. The van der Waals surface area contributed by atoms with Gasteiger partial charge in [0.05, 0.1) is 6.04 Å². The third-order valence-corrected chi connectivity index (χ3v) is 3.82. The number of nitrogens with two attached hydrogens (primary N) is 1. The molecule has 1 aromatic heterocycles. The molecule has 1 fully saturated rings. The zero-order chi connectivity index (χ0) is 13.2. The number of hydrogen-bond donors (Lipinski definition) is 1. The van der Waals surface area contributed by atoms with Gasteiger partial charge in [0.15, 0.2) is 5.82 Å². The summed E-state index contributed by atoms with van der Waals surface area (Å²) in [7, 11) is 0. The van der Waals surface area contributed by atoms with Gasteiger partial charge >= 0.3 is 0 Å². The average Bonchev–Trinajstić information content (AvgIpc) is 2.79. The van der Waals surface area contributed by atoms with Gasteiger partial charge in [-0.2, -0.15) is 4.98 Å². The Labute approximate surface area is 108 Å². The Bertz CT molecular complexity index is 434. The molecule has 1 saturated carbocycles. The first-order valence-corrected chi connectivity index (χ1v) is 6.54. The van der Waals surface area contributed by atoms with Crippen LogP contribution in [-0.4, -0.2) is 10.1 Å². The summed E-state index contributed by atoms with van der Waals surface area (Å²) in [4.78, 5) is 4.40. The van der Waals surface area contributed by atoms with Crippen molar-refractivity contribution in [3.05, 3.63) is 11.7 Å². The van der Waals surface area contributed by atoms with Gasteiger partial charge < -0.3 is 10.3 Å². The summed E-state index contributed by atoms with van der Waals surface area (Å²) < 4.78 is 5.20. The first-order chi connectivity index (χ1) is 8.52.